The number of urea groups is 1. The summed E-state index contributed by atoms with van der Waals surface area (Å²) in [6.07, 6.45) is -0.291. The number of hydrogen-bond acceptors (Lipinski definition) is 3. The average molecular weight is 265 g/mol. The van der Waals surface area contributed by atoms with E-state index in [9.17, 15) is 14.7 Å². The van der Waals surface area contributed by atoms with E-state index in [2.05, 4.69) is 16.0 Å². The van der Waals surface area contributed by atoms with Gasteiger partial charge in [-0.1, -0.05) is 12.1 Å². The number of hydrogen-bond donors (Lipinski definition) is 4. The Kier molecular flexibility index (Phi) is 5.81. The van der Waals surface area contributed by atoms with E-state index in [1.165, 1.54) is 0 Å². The maximum Gasteiger partial charge on any atom is 0.319 e. The van der Waals surface area contributed by atoms with Crippen LogP contribution in [0.3, 0.4) is 0 Å². The molecule has 1 atom stereocenters. The van der Waals surface area contributed by atoms with Crippen molar-refractivity contribution < 1.29 is 14.7 Å². The third-order valence-corrected chi connectivity index (χ3v) is 2.57. The van der Waals surface area contributed by atoms with Gasteiger partial charge in [-0.25, -0.2) is 4.79 Å². The number of benzene rings is 1. The van der Waals surface area contributed by atoms with E-state index < -0.39 is 6.10 Å². The minimum Gasteiger partial charge on any atom is -0.389 e. The van der Waals surface area contributed by atoms with Crippen LogP contribution in [-0.2, 0) is 4.79 Å². The highest BCUT2D eigenvalue weighted by molar-refractivity contribution is 5.89. The highest BCUT2D eigenvalue weighted by atomic mass is 16.3. The van der Waals surface area contributed by atoms with Gasteiger partial charge in [0.05, 0.1) is 6.10 Å². The number of nitrogens with one attached hydrogen (secondary N) is 3. The Labute approximate surface area is 112 Å². The van der Waals surface area contributed by atoms with Gasteiger partial charge in [0.1, 0.15) is 0 Å². The third-order valence-electron chi connectivity index (χ3n) is 2.57. The summed E-state index contributed by atoms with van der Waals surface area (Å²) in [5, 5.41) is 17.0. The number of amides is 3. The number of aliphatic hydroxyl groups is 1. The molecule has 1 aromatic rings. The molecule has 104 valence electrons. The van der Waals surface area contributed by atoms with Crippen LogP contribution in [-0.4, -0.2) is 30.6 Å². The van der Waals surface area contributed by atoms with Gasteiger partial charge in [-0.15, -0.1) is 0 Å². The van der Waals surface area contributed by atoms with Gasteiger partial charge in [0.15, 0.2) is 0 Å². The second-order valence-electron chi connectivity index (χ2n) is 4.10. The Morgan fingerprint density at radius 2 is 1.89 bits per heavy atom. The predicted molar refractivity (Wildman–Crippen MR) is 72.8 cm³/mol. The molecule has 0 aliphatic carbocycles. The normalized spacial score (nSPS) is 11.5. The van der Waals surface area contributed by atoms with E-state index in [1.54, 1.807) is 38.2 Å². The smallest absolute Gasteiger partial charge is 0.319 e. The van der Waals surface area contributed by atoms with Crippen molar-refractivity contribution in [2.45, 2.75) is 19.4 Å². The second kappa shape index (κ2) is 7.38. The molecule has 0 bridgehead atoms. The Bertz CT molecular complexity index is 429. The van der Waals surface area contributed by atoms with Crippen molar-refractivity contribution in [2.75, 3.05) is 18.9 Å². The van der Waals surface area contributed by atoms with Crippen molar-refractivity contribution in [2.24, 2.45) is 0 Å². The summed E-state index contributed by atoms with van der Waals surface area (Å²) in [6.45, 7) is 1.95. The maximum absolute atomic E-state index is 11.5. The van der Waals surface area contributed by atoms with Crippen LogP contribution in [0.1, 0.15) is 25.0 Å². The van der Waals surface area contributed by atoms with E-state index in [0.717, 1.165) is 5.56 Å². The monoisotopic (exact) mass is 265 g/mol. The first-order valence-electron chi connectivity index (χ1n) is 6.06. The fraction of sp³-hybridized carbons (Fsp3) is 0.385. The van der Waals surface area contributed by atoms with Gasteiger partial charge in [0.25, 0.3) is 0 Å². The number of aliphatic hydroxyl groups excluding tert-OH is 1. The van der Waals surface area contributed by atoms with Crippen LogP contribution in [0, 0.1) is 0 Å². The minimum atomic E-state index is -0.532. The number of anilines is 1. The molecule has 0 spiro atoms. The van der Waals surface area contributed by atoms with Gasteiger partial charge < -0.3 is 21.1 Å². The lowest BCUT2D eigenvalue weighted by Crippen LogP contribution is -2.32. The molecule has 0 saturated heterocycles. The molecule has 0 heterocycles. The first-order valence-corrected chi connectivity index (χ1v) is 6.06. The van der Waals surface area contributed by atoms with Crippen LogP contribution >= 0.6 is 0 Å². The van der Waals surface area contributed by atoms with Crippen LogP contribution in [0.25, 0.3) is 0 Å². The van der Waals surface area contributed by atoms with Gasteiger partial charge in [-0.3, -0.25) is 4.79 Å². The summed E-state index contributed by atoms with van der Waals surface area (Å²) in [7, 11) is 1.55. The molecule has 0 aliphatic heterocycles. The number of carbonyl (C=O) groups excluding carboxylic acids is 2. The number of rotatable bonds is 5. The van der Waals surface area contributed by atoms with Crippen molar-refractivity contribution in [3.05, 3.63) is 29.8 Å². The zero-order valence-electron chi connectivity index (χ0n) is 11.1. The molecule has 3 amide bonds. The van der Waals surface area contributed by atoms with Crippen LogP contribution in [0.2, 0.25) is 0 Å². The Balaban J connectivity index is 2.38. The van der Waals surface area contributed by atoms with E-state index in [1.807, 2.05) is 0 Å². The maximum atomic E-state index is 11.5. The lowest BCUT2D eigenvalue weighted by atomic mass is 10.1. The molecule has 0 aliphatic rings. The molecule has 1 aromatic carbocycles. The summed E-state index contributed by atoms with van der Waals surface area (Å²) in [6, 6.07) is 6.53. The van der Waals surface area contributed by atoms with E-state index in [-0.39, 0.29) is 24.9 Å². The summed E-state index contributed by atoms with van der Waals surface area (Å²) in [5.41, 5.74) is 1.41. The molecular weight excluding hydrogens is 246 g/mol. The number of carbonyl (C=O) groups is 2. The van der Waals surface area contributed by atoms with Crippen LogP contribution < -0.4 is 16.0 Å². The largest absolute Gasteiger partial charge is 0.389 e. The Hall–Kier alpha value is -2.08. The van der Waals surface area contributed by atoms with Crippen LogP contribution in [0.4, 0.5) is 10.5 Å². The molecule has 0 aromatic heterocycles. The highest BCUT2D eigenvalue weighted by Gasteiger charge is 2.04. The van der Waals surface area contributed by atoms with Crippen molar-refractivity contribution in [1.82, 2.24) is 10.6 Å². The SMILES string of the molecule is CNC(=O)CCNC(=O)Nc1ccc(C(C)O)cc1. The standard InChI is InChI=1S/C13H19N3O3/c1-9(17)10-3-5-11(6-4-10)16-13(19)15-8-7-12(18)14-2/h3-6,9,17H,7-8H2,1-2H3,(H,14,18)(H2,15,16,19). The summed E-state index contributed by atoms with van der Waals surface area (Å²) < 4.78 is 0. The zero-order chi connectivity index (χ0) is 14.3. The van der Waals surface area contributed by atoms with E-state index in [0.29, 0.717) is 5.69 Å². The van der Waals surface area contributed by atoms with Gasteiger partial charge in [-0.2, -0.15) is 0 Å². The summed E-state index contributed by atoms with van der Waals surface area (Å²) in [5.74, 6) is -0.124. The topological polar surface area (TPSA) is 90.5 Å². The first kappa shape index (κ1) is 15.0. The van der Waals surface area contributed by atoms with Gasteiger partial charge in [-0.05, 0) is 24.6 Å². The van der Waals surface area contributed by atoms with E-state index >= 15 is 0 Å². The Morgan fingerprint density at radius 3 is 2.42 bits per heavy atom. The van der Waals surface area contributed by atoms with Gasteiger partial charge >= 0.3 is 6.03 Å². The van der Waals surface area contributed by atoms with Crippen LogP contribution in [0.15, 0.2) is 24.3 Å². The van der Waals surface area contributed by atoms with Crippen LogP contribution in [0.5, 0.6) is 0 Å². The molecule has 0 saturated carbocycles. The highest BCUT2D eigenvalue weighted by Crippen LogP contribution is 2.15. The predicted octanol–water partition coefficient (Wildman–Crippen LogP) is 0.997. The van der Waals surface area contributed by atoms with E-state index in [4.69, 9.17) is 0 Å². The Morgan fingerprint density at radius 1 is 1.26 bits per heavy atom. The summed E-state index contributed by atoms with van der Waals surface area (Å²) in [4.78, 5) is 22.4. The molecule has 19 heavy (non-hydrogen) atoms. The molecule has 0 fully saturated rings. The molecule has 6 nitrogen and oxygen atoms in total. The molecule has 1 unspecified atom stereocenters. The van der Waals surface area contributed by atoms with Gasteiger partial charge in [0.2, 0.25) is 5.91 Å². The first-order chi connectivity index (χ1) is 9.02. The van der Waals surface area contributed by atoms with Crippen molar-refractivity contribution >= 4 is 17.6 Å². The minimum absolute atomic E-state index is 0.124. The quantitative estimate of drug-likeness (QED) is 0.640. The average Bonchev–Trinajstić information content (AvgIpc) is 2.39. The molecule has 0 radical (unpaired) electrons. The lowest BCUT2D eigenvalue weighted by Gasteiger charge is -2.09. The molecular formula is C13H19N3O3. The van der Waals surface area contributed by atoms with Crippen molar-refractivity contribution in [1.29, 1.82) is 0 Å². The van der Waals surface area contributed by atoms with Crippen molar-refractivity contribution in [3.63, 3.8) is 0 Å². The van der Waals surface area contributed by atoms with Crippen molar-refractivity contribution in [3.8, 4) is 0 Å². The fourth-order valence-electron chi connectivity index (χ4n) is 1.43. The molecule has 6 heteroatoms. The fourth-order valence-corrected chi connectivity index (χ4v) is 1.43. The third kappa shape index (κ3) is 5.39. The molecule has 4 N–H and O–H groups in total. The molecule has 1 rings (SSSR count). The second-order valence-corrected chi connectivity index (χ2v) is 4.10. The van der Waals surface area contributed by atoms with Gasteiger partial charge in [0, 0.05) is 25.7 Å². The lowest BCUT2D eigenvalue weighted by molar-refractivity contribution is -0.120. The summed E-state index contributed by atoms with van der Waals surface area (Å²) >= 11 is 0. The zero-order valence-corrected chi connectivity index (χ0v) is 11.1.